The highest BCUT2D eigenvalue weighted by molar-refractivity contribution is 7.83. The maximum absolute atomic E-state index is 10.7. The Kier molecular flexibility index (Phi) is 5.68. The highest BCUT2D eigenvalue weighted by Crippen LogP contribution is 2.27. The monoisotopic (exact) mass is 369 g/mol. The van der Waals surface area contributed by atoms with Crippen molar-refractivity contribution in [2.45, 2.75) is 6.42 Å². The van der Waals surface area contributed by atoms with E-state index in [0.717, 1.165) is 28.2 Å². The van der Waals surface area contributed by atoms with Crippen molar-refractivity contribution in [1.82, 2.24) is 4.72 Å². The third kappa shape index (κ3) is 5.42. The Morgan fingerprint density at radius 3 is 2.19 bits per heavy atom. The minimum absolute atomic E-state index is 0.151. The average molecular weight is 369 g/mol. The minimum Gasteiger partial charge on any atom is -0.457 e. The Labute approximate surface area is 153 Å². The molecule has 0 spiro atoms. The van der Waals surface area contributed by atoms with Gasteiger partial charge in [0.25, 0.3) is 0 Å². The van der Waals surface area contributed by atoms with Crippen LogP contribution in [0.3, 0.4) is 0 Å². The zero-order valence-electron chi connectivity index (χ0n) is 14.0. The summed E-state index contributed by atoms with van der Waals surface area (Å²) >= 11 is 0. The van der Waals surface area contributed by atoms with Gasteiger partial charge >= 0.3 is 10.3 Å². The maximum Gasteiger partial charge on any atom is 0.333 e. The fourth-order valence-corrected chi connectivity index (χ4v) is 2.91. The lowest BCUT2D eigenvalue weighted by atomic mass is 10.0. The van der Waals surface area contributed by atoms with Crippen molar-refractivity contribution in [2.75, 3.05) is 6.54 Å². The first kappa shape index (κ1) is 18.1. The van der Waals surface area contributed by atoms with E-state index in [1.54, 1.807) is 0 Å². The summed E-state index contributed by atoms with van der Waals surface area (Å²) in [5.41, 5.74) is 3.04. The lowest BCUT2D eigenvalue weighted by molar-refractivity contribution is 0.468. The molecule has 0 fully saturated rings. The van der Waals surface area contributed by atoms with Crippen LogP contribution in [0.25, 0.3) is 11.1 Å². The summed E-state index contributed by atoms with van der Waals surface area (Å²) in [6, 6.07) is 25.3. The molecule has 5 nitrogen and oxygen atoms in total. The Morgan fingerprint density at radius 1 is 0.808 bits per heavy atom. The molecular weight excluding hydrogens is 350 g/mol. The van der Waals surface area contributed by atoms with Crippen LogP contribution in [0.4, 0.5) is 0 Å². The van der Waals surface area contributed by atoms with Crippen LogP contribution in [-0.2, 0) is 16.7 Å². The average Bonchev–Trinajstić information content (AvgIpc) is 2.62. The Hall–Kier alpha value is -2.67. The van der Waals surface area contributed by atoms with Crippen LogP contribution in [0.5, 0.6) is 11.5 Å². The van der Waals surface area contributed by atoms with Crippen molar-refractivity contribution >= 4 is 10.3 Å². The van der Waals surface area contributed by atoms with Crippen molar-refractivity contribution < 1.29 is 17.7 Å². The molecule has 0 aliphatic heterocycles. The van der Waals surface area contributed by atoms with Gasteiger partial charge < -0.3 is 4.74 Å². The lowest BCUT2D eigenvalue weighted by Crippen LogP contribution is -2.24. The summed E-state index contributed by atoms with van der Waals surface area (Å²) in [5.74, 6) is 1.54. The van der Waals surface area contributed by atoms with Gasteiger partial charge in [-0.3, -0.25) is 4.55 Å². The fourth-order valence-electron chi connectivity index (χ4n) is 2.55. The fraction of sp³-hybridized carbons (Fsp3) is 0.100. The molecule has 0 heterocycles. The van der Waals surface area contributed by atoms with Crippen LogP contribution < -0.4 is 9.46 Å². The van der Waals surface area contributed by atoms with Crippen molar-refractivity contribution in [3.63, 3.8) is 0 Å². The van der Waals surface area contributed by atoms with Gasteiger partial charge in [0.2, 0.25) is 0 Å². The highest BCUT2D eigenvalue weighted by Gasteiger charge is 2.04. The van der Waals surface area contributed by atoms with Gasteiger partial charge in [-0.2, -0.15) is 13.1 Å². The molecule has 0 atom stereocenters. The number of rotatable bonds is 7. The predicted octanol–water partition coefficient (Wildman–Crippen LogP) is 4.08. The first-order chi connectivity index (χ1) is 12.5. The summed E-state index contributed by atoms with van der Waals surface area (Å²) in [4.78, 5) is 0. The summed E-state index contributed by atoms with van der Waals surface area (Å²) < 4.78 is 37.9. The molecule has 3 aromatic rings. The number of hydrogen-bond acceptors (Lipinski definition) is 3. The normalized spacial score (nSPS) is 11.3. The summed E-state index contributed by atoms with van der Waals surface area (Å²) in [5, 5.41) is 0. The van der Waals surface area contributed by atoms with Crippen molar-refractivity contribution in [1.29, 1.82) is 0 Å². The zero-order chi connectivity index (χ0) is 18.4. The standard InChI is InChI=1S/C20H19NO4S/c22-26(23,24)21-14-13-16-9-11-17(12-10-16)18-5-4-8-20(15-18)25-19-6-2-1-3-7-19/h1-12,15,21H,13-14H2,(H,22,23,24). The number of para-hydroxylation sites is 1. The van der Waals surface area contributed by atoms with E-state index in [-0.39, 0.29) is 6.54 Å². The smallest absolute Gasteiger partial charge is 0.333 e. The SMILES string of the molecule is O=S(=O)(O)NCCc1ccc(-c2cccc(Oc3ccccc3)c2)cc1. The predicted molar refractivity (Wildman–Crippen MR) is 102 cm³/mol. The van der Waals surface area contributed by atoms with Gasteiger partial charge in [-0.15, -0.1) is 0 Å². The lowest BCUT2D eigenvalue weighted by Gasteiger charge is -2.09. The third-order valence-corrected chi connectivity index (χ3v) is 4.37. The molecule has 3 aromatic carbocycles. The van der Waals surface area contributed by atoms with Gasteiger partial charge in [0.05, 0.1) is 0 Å². The molecule has 0 saturated carbocycles. The molecule has 0 unspecified atom stereocenters. The van der Waals surface area contributed by atoms with E-state index < -0.39 is 10.3 Å². The molecule has 0 radical (unpaired) electrons. The number of benzene rings is 3. The first-order valence-electron chi connectivity index (χ1n) is 8.14. The zero-order valence-corrected chi connectivity index (χ0v) is 14.8. The van der Waals surface area contributed by atoms with Gasteiger partial charge in [-0.25, -0.2) is 0 Å². The highest BCUT2D eigenvalue weighted by atomic mass is 32.2. The van der Waals surface area contributed by atoms with Crippen molar-refractivity contribution in [3.05, 3.63) is 84.4 Å². The summed E-state index contributed by atoms with van der Waals surface area (Å²) in [7, 11) is -4.14. The van der Waals surface area contributed by atoms with Crippen LogP contribution in [0.15, 0.2) is 78.9 Å². The molecule has 0 saturated heterocycles. The number of nitrogens with one attached hydrogen (secondary N) is 1. The second-order valence-electron chi connectivity index (χ2n) is 5.76. The van der Waals surface area contributed by atoms with Crippen LogP contribution >= 0.6 is 0 Å². The van der Waals surface area contributed by atoms with E-state index in [1.165, 1.54) is 0 Å². The quantitative estimate of drug-likeness (QED) is 0.615. The van der Waals surface area contributed by atoms with E-state index in [0.29, 0.717) is 6.42 Å². The molecule has 0 amide bonds. The minimum atomic E-state index is -4.14. The Morgan fingerprint density at radius 2 is 1.50 bits per heavy atom. The summed E-state index contributed by atoms with van der Waals surface area (Å²) in [6.45, 7) is 0.151. The van der Waals surface area contributed by atoms with Gasteiger partial charge in [-0.05, 0) is 47.4 Å². The third-order valence-electron chi connectivity index (χ3n) is 3.80. The number of hydrogen-bond donors (Lipinski definition) is 2. The van der Waals surface area contributed by atoms with Gasteiger partial charge in [0, 0.05) is 6.54 Å². The molecule has 134 valence electrons. The van der Waals surface area contributed by atoms with Crippen LogP contribution in [-0.4, -0.2) is 19.5 Å². The van der Waals surface area contributed by atoms with E-state index in [9.17, 15) is 8.42 Å². The van der Waals surface area contributed by atoms with Gasteiger partial charge in [0.15, 0.2) is 0 Å². The van der Waals surface area contributed by atoms with Gasteiger partial charge in [0.1, 0.15) is 11.5 Å². The number of ether oxygens (including phenoxy) is 1. The Balaban J connectivity index is 1.68. The van der Waals surface area contributed by atoms with E-state index in [1.807, 2.05) is 78.9 Å². The van der Waals surface area contributed by atoms with E-state index in [4.69, 9.17) is 9.29 Å². The molecule has 0 aliphatic rings. The summed E-state index contributed by atoms with van der Waals surface area (Å²) in [6.07, 6.45) is 0.497. The van der Waals surface area contributed by atoms with Gasteiger partial charge in [-0.1, -0.05) is 54.6 Å². The molecule has 3 rings (SSSR count). The topological polar surface area (TPSA) is 75.6 Å². The van der Waals surface area contributed by atoms with Crippen molar-refractivity contribution in [3.8, 4) is 22.6 Å². The van der Waals surface area contributed by atoms with Crippen LogP contribution in [0, 0.1) is 0 Å². The molecule has 0 aromatic heterocycles. The van der Waals surface area contributed by atoms with Crippen LogP contribution in [0.2, 0.25) is 0 Å². The molecular formula is C20H19NO4S. The molecule has 26 heavy (non-hydrogen) atoms. The second-order valence-corrected chi connectivity index (χ2v) is 7.00. The van der Waals surface area contributed by atoms with E-state index in [2.05, 4.69) is 4.72 Å². The molecule has 0 aliphatic carbocycles. The molecule has 6 heteroatoms. The van der Waals surface area contributed by atoms with Crippen molar-refractivity contribution in [2.24, 2.45) is 0 Å². The largest absolute Gasteiger partial charge is 0.457 e. The first-order valence-corrected chi connectivity index (χ1v) is 9.58. The van der Waals surface area contributed by atoms with E-state index >= 15 is 0 Å². The maximum atomic E-state index is 10.7. The van der Waals surface area contributed by atoms with Crippen LogP contribution in [0.1, 0.15) is 5.56 Å². The second kappa shape index (κ2) is 8.14. The Bertz CT molecular complexity index is 955. The molecule has 2 N–H and O–H groups in total. The molecule has 0 bridgehead atoms.